The molecule has 6 nitrogen and oxygen atoms in total. The van der Waals surface area contributed by atoms with E-state index in [1.165, 1.54) is 0 Å². The van der Waals surface area contributed by atoms with Crippen LogP contribution in [0.4, 0.5) is 11.6 Å². The second kappa shape index (κ2) is 13.6. The molecule has 0 saturated heterocycles. The van der Waals surface area contributed by atoms with Gasteiger partial charge in [-0.05, 0) is 53.7 Å². The van der Waals surface area contributed by atoms with Crippen LogP contribution in [-0.4, -0.2) is 28.2 Å². The molecule has 0 spiro atoms. The Hall–Kier alpha value is -0.574. The number of halogens is 1. The molecule has 2 aromatic heterocycles. The molecule has 8 heteroatoms. The summed E-state index contributed by atoms with van der Waals surface area (Å²) in [5, 5.41) is 3.71. The summed E-state index contributed by atoms with van der Waals surface area (Å²) < 4.78 is 10.9. The molecule has 0 radical (unpaired) electrons. The molecular weight excluding hydrogens is 391 g/mol. The third-order valence-electron chi connectivity index (χ3n) is 2.75. The number of anilines is 1. The number of hydrogen-bond donors (Lipinski definition) is 1. The Morgan fingerprint density at radius 3 is 2.07 bits per heavy atom. The molecule has 0 unspecified atom stereocenters. The summed E-state index contributed by atoms with van der Waals surface area (Å²) in [6.45, 7) is 11.9. The van der Waals surface area contributed by atoms with Gasteiger partial charge in [0.25, 0.3) is 0 Å². The molecule has 0 fully saturated rings. The zero-order chi connectivity index (χ0) is 19.7. The van der Waals surface area contributed by atoms with E-state index in [0.717, 1.165) is 0 Å². The standard InChI is InChI=1S/C11H17ClN2O.C8H11N2O.K/c1-7(2)14-11-10(12)9(5-6-13-11)15-8(3)4;1-6(2)11-7-3-4-10-8(9)5-7;/h5-8H,1-4H3,(H,13,14);3-6H,1-2H3,(H-,9,10);/q;-1;+1. The average molecular weight is 419 g/mol. The summed E-state index contributed by atoms with van der Waals surface area (Å²) in [4.78, 5) is 7.90. The van der Waals surface area contributed by atoms with Crippen molar-refractivity contribution < 1.29 is 60.9 Å². The molecule has 144 valence electrons. The number of nitrogens with zero attached hydrogens (tertiary/aromatic N) is 2. The van der Waals surface area contributed by atoms with Gasteiger partial charge < -0.3 is 25.5 Å². The van der Waals surface area contributed by atoms with E-state index in [2.05, 4.69) is 15.3 Å². The number of ether oxygens (including phenoxy) is 2. The SMILES string of the molecule is CC(C)Nc1nccc(OC(C)C)c1Cl.CC(C)Oc1ccnc([NH-])c1.[K+]. The van der Waals surface area contributed by atoms with Crippen molar-refractivity contribution >= 4 is 23.2 Å². The number of aromatic nitrogens is 2. The Morgan fingerprint density at radius 1 is 0.963 bits per heavy atom. The number of pyridine rings is 2. The van der Waals surface area contributed by atoms with Crippen LogP contribution in [0.15, 0.2) is 30.6 Å². The molecule has 0 atom stereocenters. The number of hydrogen-bond acceptors (Lipinski definition) is 5. The van der Waals surface area contributed by atoms with E-state index in [1.54, 1.807) is 30.6 Å². The first kappa shape index (κ1) is 26.4. The first-order valence-corrected chi connectivity index (χ1v) is 8.98. The molecule has 0 amide bonds. The second-order valence-electron chi connectivity index (χ2n) is 6.48. The molecule has 2 N–H and O–H groups in total. The summed E-state index contributed by atoms with van der Waals surface area (Å²) in [7, 11) is 0. The molecule has 0 aliphatic heterocycles. The van der Waals surface area contributed by atoms with Crippen LogP contribution in [0.2, 0.25) is 5.02 Å². The van der Waals surface area contributed by atoms with Crippen LogP contribution in [-0.2, 0) is 0 Å². The van der Waals surface area contributed by atoms with Crippen molar-refractivity contribution in [3.8, 4) is 11.5 Å². The predicted octanol–water partition coefficient (Wildman–Crippen LogP) is 2.90. The van der Waals surface area contributed by atoms with Gasteiger partial charge in [-0.1, -0.05) is 23.6 Å². The molecule has 0 saturated carbocycles. The van der Waals surface area contributed by atoms with E-state index in [1.807, 2.05) is 41.5 Å². The Bertz CT molecular complexity index is 656. The Kier molecular flexibility index (Phi) is 13.3. The summed E-state index contributed by atoms with van der Waals surface area (Å²) in [5.74, 6) is 2.29. The predicted molar refractivity (Wildman–Crippen MR) is 108 cm³/mol. The summed E-state index contributed by atoms with van der Waals surface area (Å²) in [5.41, 5.74) is 7.19. The van der Waals surface area contributed by atoms with Crippen LogP contribution in [0.5, 0.6) is 11.5 Å². The van der Waals surface area contributed by atoms with Gasteiger partial charge in [0.1, 0.15) is 22.3 Å². The molecule has 27 heavy (non-hydrogen) atoms. The zero-order valence-corrected chi connectivity index (χ0v) is 21.1. The second-order valence-corrected chi connectivity index (χ2v) is 6.86. The smallest absolute Gasteiger partial charge is 0.491 e. The van der Waals surface area contributed by atoms with Crippen LogP contribution in [0.1, 0.15) is 41.5 Å². The van der Waals surface area contributed by atoms with E-state index >= 15 is 0 Å². The molecule has 2 aromatic rings. The normalized spacial score (nSPS) is 10.1. The van der Waals surface area contributed by atoms with Gasteiger partial charge in [0, 0.05) is 18.3 Å². The van der Waals surface area contributed by atoms with Gasteiger partial charge >= 0.3 is 51.4 Å². The van der Waals surface area contributed by atoms with E-state index < -0.39 is 0 Å². The minimum atomic E-state index is 0. The third-order valence-corrected chi connectivity index (χ3v) is 3.11. The van der Waals surface area contributed by atoms with Gasteiger partial charge in [0.05, 0.1) is 12.2 Å². The quantitative estimate of drug-likeness (QED) is 0.729. The minimum Gasteiger partial charge on any atom is -0.491 e. The van der Waals surface area contributed by atoms with Crippen molar-refractivity contribution in [3.05, 3.63) is 41.3 Å². The molecular formula is C19H28ClKN4O2. The van der Waals surface area contributed by atoms with Crippen molar-refractivity contribution in [1.82, 2.24) is 9.97 Å². The first-order valence-electron chi connectivity index (χ1n) is 8.61. The van der Waals surface area contributed by atoms with Crippen LogP contribution < -0.4 is 66.2 Å². The Labute approximate surface area is 210 Å². The fourth-order valence-corrected chi connectivity index (χ4v) is 2.11. The third kappa shape index (κ3) is 11.1. The fraction of sp³-hybridized carbons (Fsp3) is 0.474. The molecule has 2 heterocycles. The van der Waals surface area contributed by atoms with Crippen LogP contribution >= 0.6 is 11.6 Å². The maximum Gasteiger partial charge on any atom is 1.00 e. The first-order chi connectivity index (χ1) is 12.2. The van der Waals surface area contributed by atoms with Crippen molar-refractivity contribution in [2.24, 2.45) is 0 Å². The molecule has 0 aliphatic rings. The Morgan fingerprint density at radius 2 is 1.56 bits per heavy atom. The van der Waals surface area contributed by atoms with Crippen molar-refractivity contribution in [2.75, 3.05) is 5.32 Å². The number of rotatable bonds is 6. The van der Waals surface area contributed by atoms with Crippen LogP contribution in [0.3, 0.4) is 0 Å². The van der Waals surface area contributed by atoms with Crippen LogP contribution in [0.25, 0.3) is 5.73 Å². The molecule has 0 aromatic carbocycles. The van der Waals surface area contributed by atoms with Gasteiger partial charge in [0.15, 0.2) is 0 Å². The summed E-state index contributed by atoms with van der Waals surface area (Å²) in [6, 6.07) is 5.41. The van der Waals surface area contributed by atoms with Gasteiger partial charge in [-0.25, -0.2) is 4.98 Å². The molecule has 2 rings (SSSR count). The van der Waals surface area contributed by atoms with E-state index in [4.69, 9.17) is 26.8 Å². The van der Waals surface area contributed by atoms with E-state index in [0.29, 0.717) is 28.4 Å². The topological polar surface area (TPSA) is 80.1 Å². The monoisotopic (exact) mass is 418 g/mol. The van der Waals surface area contributed by atoms with Gasteiger partial charge in [0.2, 0.25) is 0 Å². The fourth-order valence-electron chi connectivity index (χ4n) is 1.90. The average Bonchev–Trinajstić information content (AvgIpc) is 2.50. The summed E-state index contributed by atoms with van der Waals surface area (Å²) in [6.07, 6.45) is 3.52. The van der Waals surface area contributed by atoms with E-state index in [-0.39, 0.29) is 69.4 Å². The maximum atomic E-state index is 7.19. The zero-order valence-electron chi connectivity index (χ0n) is 17.2. The van der Waals surface area contributed by atoms with Crippen molar-refractivity contribution in [1.29, 1.82) is 0 Å². The molecule has 0 aliphatic carbocycles. The van der Waals surface area contributed by atoms with E-state index in [9.17, 15) is 0 Å². The Balaban J connectivity index is 0.000000504. The van der Waals surface area contributed by atoms with Crippen molar-refractivity contribution in [3.63, 3.8) is 0 Å². The minimum absolute atomic E-state index is 0. The largest absolute Gasteiger partial charge is 1.00 e. The maximum absolute atomic E-state index is 7.19. The van der Waals surface area contributed by atoms with Crippen LogP contribution in [0, 0.1) is 0 Å². The van der Waals surface area contributed by atoms with Gasteiger partial charge in [-0.3, -0.25) is 0 Å². The summed E-state index contributed by atoms with van der Waals surface area (Å²) >= 11 is 6.15. The van der Waals surface area contributed by atoms with Crippen molar-refractivity contribution in [2.45, 2.75) is 59.8 Å². The van der Waals surface area contributed by atoms with Gasteiger partial charge in [-0.15, -0.1) is 0 Å². The molecule has 0 bridgehead atoms. The van der Waals surface area contributed by atoms with Gasteiger partial charge in [-0.2, -0.15) is 0 Å². The number of nitrogens with one attached hydrogen (secondary N) is 2.